The van der Waals surface area contributed by atoms with Gasteiger partial charge in [-0.2, -0.15) is 0 Å². The van der Waals surface area contributed by atoms with Gasteiger partial charge in [-0.3, -0.25) is 0 Å². The lowest BCUT2D eigenvalue weighted by molar-refractivity contribution is -0.720. The molecule has 6 rings (SSSR count). The van der Waals surface area contributed by atoms with Crippen LogP contribution in [-0.2, 0) is 7.05 Å². The van der Waals surface area contributed by atoms with E-state index < -0.39 is 0 Å². The summed E-state index contributed by atoms with van der Waals surface area (Å²) >= 11 is 0. The molecular formula is C24H18N3+. The van der Waals surface area contributed by atoms with Crippen molar-refractivity contribution >= 4 is 38.1 Å². The topological polar surface area (TPSA) is 21.2 Å². The SMILES string of the molecule is Cc1c(-c2cccn[n+]2C)cc2c3ccccc3n3c4ccccc4c1c23. The van der Waals surface area contributed by atoms with Crippen molar-refractivity contribution in [3.63, 3.8) is 0 Å². The molecule has 0 aliphatic rings. The number of para-hydroxylation sites is 2. The van der Waals surface area contributed by atoms with E-state index >= 15 is 0 Å². The van der Waals surface area contributed by atoms with E-state index in [1.807, 2.05) is 24.0 Å². The zero-order chi connectivity index (χ0) is 18.1. The molecule has 0 unspecified atom stereocenters. The van der Waals surface area contributed by atoms with Crippen molar-refractivity contribution in [2.45, 2.75) is 6.92 Å². The van der Waals surface area contributed by atoms with Gasteiger partial charge >= 0.3 is 0 Å². The minimum Gasteiger partial charge on any atom is -0.308 e. The number of fused-ring (bicyclic) bond motifs is 6. The number of hydrogen-bond acceptors (Lipinski definition) is 1. The van der Waals surface area contributed by atoms with Crippen molar-refractivity contribution < 1.29 is 4.68 Å². The highest BCUT2D eigenvalue weighted by Crippen LogP contribution is 2.43. The van der Waals surface area contributed by atoms with Gasteiger partial charge in [-0.1, -0.05) is 41.1 Å². The van der Waals surface area contributed by atoms with Crippen LogP contribution in [0, 0.1) is 6.92 Å². The molecule has 0 spiro atoms. The Labute approximate surface area is 156 Å². The van der Waals surface area contributed by atoms with Crippen LogP contribution in [0.4, 0.5) is 0 Å². The van der Waals surface area contributed by atoms with Crippen LogP contribution in [0.1, 0.15) is 5.56 Å². The second-order valence-electron chi connectivity index (χ2n) is 7.22. The Morgan fingerprint density at radius 3 is 2.30 bits per heavy atom. The highest BCUT2D eigenvalue weighted by molar-refractivity contribution is 6.25. The summed E-state index contributed by atoms with van der Waals surface area (Å²) in [6.45, 7) is 2.24. The van der Waals surface area contributed by atoms with Crippen molar-refractivity contribution in [1.29, 1.82) is 0 Å². The third-order valence-electron chi connectivity index (χ3n) is 5.84. The van der Waals surface area contributed by atoms with E-state index in [1.165, 1.54) is 49.2 Å². The molecule has 0 N–H and O–H groups in total. The smallest absolute Gasteiger partial charge is 0.239 e. The molecule has 3 heteroatoms. The van der Waals surface area contributed by atoms with Gasteiger partial charge in [-0.05, 0) is 41.9 Å². The Kier molecular flexibility index (Phi) is 2.74. The summed E-state index contributed by atoms with van der Waals surface area (Å²) in [7, 11) is 2.01. The van der Waals surface area contributed by atoms with Crippen molar-refractivity contribution in [2.75, 3.05) is 0 Å². The summed E-state index contributed by atoms with van der Waals surface area (Å²) in [6, 6.07) is 23.9. The lowest BCUT2D eigenvalue weighted by Gasteiger charge is -2.06. The molecule has 3 aromatic carbocycles. The van der Waals surface area contributed by atoms with E-state index in [1.54, 1.807) is 0 Å². The number of hydrogen-bond donors (Lipinski definition) is 0. The predicted octanol–water partition coefficient (Wildman–Crippen LogP) is 5.03. The molecule has 3 heterocycles. The van der Waals surface area contributed by atoms with Crippen LogP contribution in [0.3, 0.4) is 0 Å². The van der Waals surface area contributed by atoms with Crippen LogP contribution in [0.5, 0.6) is 0 Å². The maximum absolute atomic E-state index is 4.45. The van der Waals surface area contributed by atoms with Crippen molar-refractivity contribution in [3.05, 3.63) is 78.5 Å². The summed E-state index contributed by atoms with van der Waals surface area (Å²) in [5, 5.41) is 9.72. The maximum Gasteiger partial charge on any atom is 0.239 e. The van der Waals surface area contributed by atoms with Crippen LogP contribution >= 0.6 is 0 Å². The van der Waals surface area contributed by atoms with E-state index in [9.17, 15) is 0 Å². The zero-order valence-electron chi connectivity index (χ0n) is 15.3. The molecule has 3 aromatic heterocycles. The maximum atomic E-state index is 4.45. The number of aromatic nitrogens is 3. The molecule has 0 aliphatic heterocycles. The molecule has 27 heavy (non-hydrogen) atoms. The Morgan fingerprint density at radius 1 is 0.815 bits per heavy atom. The van der Waals surface area contributed by atoms with Crippen LogP contribution in [0.2, 0.25) is 0 Å². The number of benzene rings is 3. The van der Waals surface area contributed by atoms with Gasteiger partial charge in [0.1, 0.15) is 0 Å². The first-order valence-corrected chi connectivity index (χ1v) is 9.24. The lowest BCUT2D eigenvalue weighted by atomic mass is 9.96. The summed E-state index contributed by atoms with van der Waals surface area (Å²) in [5.74, 6) is 0. The molecular weight excluding hydrogens is 330 g/mol. The second kappa shape index (κ2) is 5.04. The highest BCUT2D eigenvalue weighted by atomic mass is 15.2. The van der Waals surface area contributed by atoms with E-state index in [0.29, 0.717) is 0 Å². The van der Waals surface area contributed by atoms with Crippen LogP contribution in [0.25, 0.3) is 49.4 Å². The normalized spacial score (nSPS) is 12.1. The summed E-state index contributed by atoms with van der Waals surface area (Å²) < 4.78 is 4.39. The first-order chi connectivity index (χ1) is 13.3. The first kappa shape index (κ1) is 14.7. The summed E-state index contributed by atoms with van der Waals surface area (Å²) in [5.41, 5.74) is 7.55. The van der Waals surface area contributed by atoms with Crippen molar-refractivity contribution in [2.24, 2.45) is 7.05 Å². The van der Waals surface area contributed by atoms with Gasteiger partial charge in [-0.15, -0.1) is 0 Å². The van der Waals surface area contributed by atoms with Gasteiger partial charge < -0.3 is 4.40 Å². The third-order valence-corrected chi connectivity index (χ3v) is 5.84. The average molecular weight is 348 g/mol. The van der Waals surface area contributed by atoms with Crippen molar-refractivity contribution in [3.8, 4) is 11.3 Å². The van der Waals surface area contributed by atoms with Gasteiger partial charge in [0.05, 0.1) is 28.3 Å². The lowest BCUT2D eigenvalue weighted by Crippen LogP contribution is -2.35. The minimum atomic E-state index is 1.13. The number of nitrogens with zero attached hydrogens (tertiary/aromatic N) is 3. The second-order valence-corrected chi connectivity index (χ2v) is 7.22. The molecule has 6 aromatic rings. The van der Waals surface area contributed by atoms with Gasteiger partial charge in [0.2, 0.25) is 5.69 Å². The molecule has 0 saturated heterocycles. The molecule has 3 nitrogen and oxygen atoms in total. The zero-order valence-corrected chi connectivity index (χ0v) is 15.3. The van der Waals surface area contributed by atoms with Crippen LogP contribution < -0.4 is 4.68 Å². The summed E-state index contributed by atoms with van der Waals surface area (Å²) in [6.07, 6.45) is 1.83. The van der Waals surface area contributed by atoms with Crippen LogP contribution in [-0.4, -0.2) is 9.50 Å². The fourth-order valence-corrected chi connectivity index (χ4v) is 4.65. The Balaban J connectivity index is 1.95. The quantitative estimate of drug-likeness (QED) is 0.382. The number of rotatable bonds is 1. The van der Waals surface area contributed by atoms with E-state index in [4.69, 9.17) is 0 Å². The van der Waals surface area contributed by atoms with Gasteiger partial charge in [-0.25, -0.2) is 0 Å². The van der Waals surface area contributed by atoms with Gasteiger partial charge in [0.25, 0.3) is 0 Å². The minimum absolute atomic E-state index is 1.13. The van der Waals surface area contributed by atoms with Gasteiger partial charge in [0.15, 0.2) is 7.05 Å². The molecule has 0 radical (unpaired) electrons. The fraction of sp³-hybridized carbons (Fsp3) is 0.0833. The largest absolute Gasteiger partial charge is 0.308 e. The third kappa shape index (κ3) is 1.76. The van der Waals surface area contributed by atoms with Crippen LogP contribution in [0.15, 0.2) is 72.9 Å². The molecule has 0 aliphatic carbocycles. The Hall–Kier alpha value is -3.46. The fourth-order valence-electron chi connectivity index (χ4n) is 4.65. The van der Waals surface area contributed by atoms with Crippen molar-refractivity contribution in [1.82, 2.24) is 9.50 Å². The number of aryl methyl sites for hydroxylation is 2. The molecule has 0 saturated carbocycles. The predicted molar refractivity (Wildman–Crippen MR) is 110 cm³/mol. The Morgan fingerprint density at radius 2 is 1.52 bits per heavy atom. The highest BCUT2D eigenvalue weighted by Gasteiger charge is 2.23. The molecule has 0 bridgehead atoms. The molecule has 0 atom stereocenters. The molecule has 0 amide bonds. The molecule has 128 valence electrons. The Bertz CT molecular complexity index is 1490. The monoisotopic (exact) mass is 348 g/mol. The average Bonchev–Trinajstić information content (AvgIpc) is 3.21. The van der Waals surface area contributed by atoms with E-state index in [-0.39, 0.29) is 0 Å². The van der Waals surface area contributed by atoms with E-state index in [0.717, 1.165) is 5.69 Å². The van der Waals surface area contributed by atoms with E-state index in [2.05, 4.69) is 77.1 Å². The molecule has 0 fully saturated rings. The first-order valence-electron chi connectivity index (χ1n) is 9.24. The standard InChI is InChI=1S/C24H18N3/c1-15-18(20-12-7-13-25-26(20)2)14-19-16-8-3-5-10-21(16)27-22-11-6-4-9-17(22)23(15)24(19)27/h3-14H,1-2H3/q+1. The summed E-state index contributed by atoms with van der Waals surface area (Å²) in [4.78, 5) is 0. The van der Waals surface area contributed by atoms with Gasteiger partial charge in [0, 0.05) is 27.6 Å².